The van der Waals surface area contributed by atoms with Gasteiger partial charge in [0.25, 0.3) is 0 Å². The van der Waals surface area contributed by atoms with Gasteiger partial charge in [-0.15, -0.1) is 0 Å². The fraction of sp³-hybridized carbons (Fsp3) is 1.00. The summed E-state index contributed by atoms with van der Waals surface area (Å²) in [6.07, 6.45) is -1.95. The highest BCUT2D eigenvalue weighted by atomic mass is 32.3. The topological polar surface area (TPSA) is 133 Å². The highest BCUT2D eigenvalue weighted by Gasteiger charge is 2.09. The molecule has 0 aromatic carbocycles. The summed E-state index contributed by atoms with van der Waals surface area (Å²) in [7, 11) is -10.1. The van der Waals surface area contributed by atoms with Crippen LogP contribution in [0.1, 0.15) is 6.92 Å². The second-order valence-corrected chi connectivity index (χ2v) is 3.59. The van der Waals surface area contributed by atoms with Crippen LogP contribution < -0.4 is 0 Å². The van der Waals surface area contributed by atoms with Crippen molar-refractivity contribution in [2.75, 3.05) is 0 Å². The summed E-state index contributed by atoms with van der Waals surface area (Å²) >= 11 is 0. The minimum absolute atomic E-state index is 0.769. The van der Waals surface area contributed by atoms with Gasteiger partial charge >= 0.3 is 0 Å². The maximum Gasteiger partial charge on any atom is 0.220 e. The molecular formula is C2H4O8S2-2. The maximum absolute atomic E-state index is 9.77. The number of hydrogen-bond acceptors (Lipinski definition) is 8. The van der Waals surface area contributed by atoms with E-state index in [1.807, 2.05) is 0 Å². The van der Waals surface area contributed by atoms with Crippen LogP contribution in [0.25, 0.3) is 0 Å². The van der Waals surface area contributed by atoms with Gasteiger partial charge in [-0.3, -0.25) is 0 Å². The average molecular weight is 220 g/mol. The Morgan fingerprint density at radius 2 is 1.25 bits per heavy atom. The van der Waals surface area contributed by atoms with E-state index in [0.717, 1.165) is 6.92 Å². The van der Waals surface area contributed by atoms with E-state index in [1.165, 1.54) is 0 Å². The molecule has 0 unspecified atom stereocenters. The van der Waals surface area contributed by atoms with E-state index in [1.54, 1.807) is 0 Å². The monoisotopic (exact) mass is 220 g/mol. The predicted molar refractivity (Wildman–Crippen MR) is 31.0 cm³/mol. The van der Waals surface area contributed by atoms with Gasteiger partial charge in [0.05, 0.1) is 0 Å². The summed E-state index contributed by atoms with van der Waals surface area (Å²) in [5.41, 5.74) is 0. The third-order valence-corrected chi connectivity index (χ3v) is 1.52. The Bertz CT molecular complexity index is 288. The van der Waals surface area contributed by atoms with Gasteiger partial charge in [-0.2, -0.15) is 0 Å². The summed E-state index contributed by atoms with van der Waals surface area (Å²) in [4.78, 5) is 0. The van der Waals surface area contributed by atoms with Gasteiger partial charge in [-0.05, 0) is 6.92 Å². The van der Waals surface area contributed by atoms with E-state index in [2.05, 4.69) is 8.37 Å². The quantitative estimate of drug-likeness (QED) is 0.310. The van der Waals surface area contributed by atoms with Gasteiger partial charge in [0.15, 0.2) is 6.29 Å². The molecule has 0 rings (SSSR count). The molecule has 74 valence electrons. The lowest BCUT2D eigenvalue weighted by Gasteiger charge is -2.16. The molecule has 0 saturated heterocycles. The first-order valence-corrected chi connectivity index (χ1v) is 5.05. The first-order chi connectivity index (χ1) is 5.10. The summed E-state index contributed by atoms with van der Waals surface area (Å²) < 4.78 is 65.5. The number of rotatable bonds is 4. The van der Waals surface area contributed by atoms with Crippen LogP contribution >= 0.6 is 0 Å². The van der Waals surface area contributed by atoms with Crippen molar-refractivity contribution in [1.82, 2.24) is 0 Å². The molecule has 0 fully saturated rings. The van der Waals surface area contributed by atoms with Crippen molar-refractivity contribution in [3.63, 3.8) is 0 Å². The van der Waals surface area contributed by atoms with Crippen LogP contribution in [-0.2, 0) is 29.2 Å². The van der Waals surface area contributed by atoms with Crippen LogP contribution in [0, 0.1) is 0 Å². The third-order valence-electron chi connectivity index (χ3n) is 0.507. The van der Waals surface area contributed by atoms with Gasteiger partial charge in [0.1, 0.15) is 0 Å². The van der Waals surface area contributed by atoms with E-state index < -0.39 is 27.1 Å². The van der Waals surface area contributed by atoms with Crippen LogP contribution in [0.15, 0.2) is 0 Å². The van der Waals surface area contributed by atoms with Gasteiger partial charge in [0, 0.05) is 0 Å². The van der Waals surface area contributed by atoms with E-state index >= 15 is 0 Å². The molecular weight excluding hydrogens is 216 g/mol. The summed E-state index contributed by atoms with van der Waals surface area (Å²) in [5.74, 6) is 0. The molecule has 0 aliphatic carbocycles. The van der Waals surface area contributed by atoms with E-state index in [-0.39, 0.29) is 0 Å². The molecule has 0 aromatic heterocycles. The molecule has 0 aliphatic rings. The molecule has 0 amide bonds. The fourth-order valence-electron chi connectivity index (χ4n) is 0.348. The van der Waals surface area contributed by atoms with Crippen molar-refractivity contribution in [2.45, 2.75) is 13.2 Å². The molecule has 0 heterocycles. The molecule has 0 bridgehead atoms. The van der Waals surface area contributed by atoms with Gasteiger partial charge in [-0.1, -0.05) is 0 Å². The van der Waals surface area contributed by atoms with Crippen LogP contribution in [0.2, 0.25) is 0 Å². The molecule has 8 nitrogen and oxygen atoms in total. The zero-order valence-electron chi connectivity index (χ0n) is 5.66. The van der Waals surface area contributed by atoms with Crippen LogP contribution in [0.5, 0.6) is 0 Å². The Kier molecular flexibility index (Phi) is 3.56. The molecule has 0 radical (unpaired) electrons. The minimum atomic E-state index is -5.07. The maximum atomic E-state index is 9.77. The lowest BCUT2D eigenvalue weighted by atomic mass is 10.8. The molecule has 12 heavy (non-hydrogen) atoms. The van der Waals surface area contributed by atoms with Crippen molar-refractivity contribution >= 4 is 20.8 Å². The smallest absolute Gasteiger partial charge is 0.220 e. The Morgan fingerprint density at radius 3 is 1.42 bits per heavy atom. The van der Waals surface area contributed by atoms with Crippen molar-refractivity contribution in [3.8, 4) is 0 Å². The molecule has 0 aromatic rings. The zero-order chi connectivity index (χ0) is 9.99. The Morgan fingerprint density at radius 1 is 1.00 bits per heavy atom. The summed E-state index contributed by atoms with van der Waals surface area (Å²) in [5, 5.41) is 0. The average Bonchev–Trinajstić information content (AvgIpc) is 1.49. The van der Waals surface area contributed by atoms with Gasteiger partial charge < -0.3 is 9.11 Å². The molecule has 0 saturated carbocycles. The highest BCUT2D eigenvalue weighted by molar-refractivity contribution is 7.81. The van der Waals surface area contributed by atoms with E-state index in [0.29, 0.717) is 0 Å². The lowest BCUT2D eigenvalue weighted by Crippen LogP contribution is -2.21. The zero-order valence-corrected chi connectivity index (χ0v) is 7.29. The Hall–Kier alpha value is -0.260. The van der Waals surface area contributed by atoms with Crippen molar-refractivity contribution in [1.29, 1.82) is 0 Å². The minimum Gasteiger partial charge on any atom is -0.725 e. The molecule has 0 spiro atoms. The van der Waals surface area contributed by atoms with E-state index in [9.17, 15) is 25.9 Å². The van der Waals surface area contributed by atoms with Crippen molar-refractivity contribution in [3.05, 3.63) is 0 Å². The second kappa shape index (κ2) is 3.64. The Labute approximate surface area is 69.0 Å². The molecule has 10 heteroatoms. The number of hydrogen-bond donors (Lipinski definition) is 0. The second-order valence-electron chi connectivity index (χ2n) is 1.58. The van der Waals surface area contributed by atoms with Crippen LogP contribution in [0.4, 0.5) is 0 Å². The highest BCUT2D eigenvalue weighted by Crippen LogP contribution is 2.01. The van der Waals surface area contributed by atoms with Gasteiger partial charge in [-0.25, -0.2) is 25.2 Å². The summed E-state index contributed by atoms with van der Waals surface area (Å²) in [6.45, 7) is 0.769. The van der Waals surface area contributed by atoms with E-state index in [4.69, 9.17) is 0 Å². The third kappa shape index (κ3) is 7.84. The first-order valence-electron chi connectivity index (χ1n) is 2.38. The first kappa shape index (κ1) is 11.7. The van der Waals surface area contributed by atoms with Gasteiger partial charge in [0.2, 0.25) is 20.8 Å². The van der Waals surface area contributed by atoms with Crippen LogP contribution in [-0.4, -0.2) is 32.2 Å². The lowest BCUT2D eigenvalue weighted by molar-refractivity contribution is 0.0138. The molecule has 0 aliphatic heterocycles. The van der Waals surface area contributed by atoms with Crippen molar-refractivity contribution < 1.29 is 34.3 Å². The standard InChI is InChI=1S/C2H6O8S2/c1-2(9-11(3,4)5)10-12(6,7)8/h2H,1H3,(H,3,4,5)(H,6,7,8)/p-2. The normalized spacial score (nSPS) is 13.7. The van der Waals surface area contributed by atoms with Crippen LogP contribution in [0.3, 0.4) is 0 Å². The SMILES string of the molecule is CC(OS(=O)(=O)[O-])OS(=O)(=O)[O-]. The summed E-state index contributed by atoms with van der Waals surface area (Å²) in [6, 6.07) is 0. The Balaban J connectivity index is 4.19. The largest absolute Gasteiger partial charge is 0.725 e. The molecule has 0 atom stereocenters. The molecule has 0 N–H and O–H groups in total. The predicted octanol–water partition coefficient (Wildman–Crippen LogP) is -1.71. The van der Waals surface area contributed by atoms with Crippen molar-refractivity contribution in [2.24, 2.45) is 0 Å². The fourth-order valence-corrected chi connectivity index (χ4v) is 1.14.